The maximum Gasteiger partial charge on any atom is 0.243 e. The lowest BCUT2D eigenvalue weighted by atomic mass is 10.0. The molecule has 1 aromatic heterocycles. The first-order chi connectivity index (χ1) is 15.9. The Labute approximate surface area is 193 Å². The van der Waals surface area contributed by atoms with Crippen LogP contribution in [0.2, 0.25) is 0 Å². The highest BCUT2D eigenvalue weighted by atomic mass is 16.5. The Hall–Kier alpha value is -3.92. The van der Waals surface area contributed by atoms with Crippen LogP contribution in [0, 0.1) is 18.3 Å². The Morgan fingerprint density at radius 1 is 1.12 bits per heavy atom. The van der Waals surface area contributed by atoms with Gasteiger partial charge >= 0.3 is 0 Å². The molecule has 1 atom stereocenters. The van der Waals surface area contributed by atoms with Gasteiger partial charge < -0.3 is 25.1 Å². The van der Waals surface area contributed by atoms with E-state index < -0.39 is 6.04 Å². The van der Waals surface area contributed by atoms with Crippen LogP contribution in [0.1, 0.15) is 25.0 Å². The molecule has 172 valence electrons. The number of aromatic amines is 1. The zero-order valence-electron chi connectivity index (χ0n) is 19.1. The van der Waals surface area contributed by atoms with Crippen molar-refractivity contribution in [2.45, 2.75) is 32.9 Å². The van der Waals surface area contributed by atoms with E-state index in [1.807, 2.05) is 36.5 Å². The molecule has 1 heterocycles. The number of hydrogen-bond donors (Lipinski definition) is 3. The van der Waals surface area contributed by atoms with E-state index in [9.17, 15) is 9.59 Å². The fraction of sp³-hybridized carbons (Fsp3) is 0.308. The number of H-pyrrole nitrogens is 1. The van der Waals surface area contributed by atoms with Crippen LogP contribution >= 0.6 is 0 Å². The second-order valence-corrected chi connectivity index (χ2v) is 7.98. The van der Waals surface area contributed by atoms with Crippen molar-refractivity contribution in [2.24, 2.45) is 5.92 Å². The van der Waals surface area contributed by atoms with E-state index in [0.29, 0.717) is 17.9 Å². The minimum Gasteiger partial charge on any atom is -0.493 e. The number of aromatic nitrogens is 1. The number of carbonyl (C=O) groups excluding carboxylic acids is 2. The predicted molar refractivity (Wildman–Crippen MR) is 128 cm³/mol. The van der Waals surface area contributed by atoms with Crippen molar-refractivity contribution in [3.8, 4) is 23.8 Å². The van der Waals surface area contributed by atoms with Crippen LogP contribution in [0.3, 0.4) is 0 Å². The second-order valence-electron chi connectivity index (χ2n) is 7.98. The van der Waals surface area contributed by atoms with Crippen molar-refractivity contribution in [3.05, 3.63) is 59.8 Å². The topological polar surface area (TPSA) is 92.5 Å². The van der Waals surface area contributed by atoms with Gasteiger partial charge in [-0.2, -0.15) is 0 Å². The smallest absolute Gasteiger partial charge is 0.243 e. The molecule has 3 aromatic rings. The van der Waals surface area contributed by atoms with E-state index in [2.05, 4.69) is 21.5 Å². The van der Waals surface area contributed by atoms with Crippen LogP contribution in [0.15, 0.2) is 48.7 Å². The van der Waals surface area contributed by atoms with Gasteiger partial charge in [0, 0.05) is 36.0 Å². The molecule has 0 bridgehead atoms. The molecule has 0 saturated heterocycles. The average Bonchev–Trinajstić information content (AvgIpc) is 3.23. The summed E-state index contributed by atoms with van der Waals surface area (Å²) in [6.07, 6.45) is 7.53. The highest BCUT2D eigenvalue weighted by Gasteiger charge is 2.23. The maximum atomic E-state index is 13.1. The number of terminal acetylenes is 1. The fourth-order valence-electron chi connectivity index (χ4n) is 3.44. The van der Waals surface area contributed by atoms with Gasteiger partial charge in [0.1, 0.15) is 12.6 Å². The number of fused-ring (bicyclic) bond motifs is 1. The van der Waals surface area contributed by atoms with Gasteiger partial charge in [-0.05, 0) is 29.3 Å². The first-order valence-electron chi connectivity index (χ1n) is 10.8. The van der Waals surface area contributed by atoms with E-state index in [1.54, 1.807) is 33.1 Å². The molecular formula is C26H29N3O4. The molecule has 0 fully saturated rings. The zero-order valence-corrected chi connectivity index (χ0v) is 19.1. The van der Waals surface area contributed by atoms with Gasteiger partial charge in [0.25, 0.3) is 0 Å². The number of methoxy groups -OCH3 is 1. The molecule has 3 rings (SSSR count). The third-order valence-electron chi connectivity index (χ3n) is 5.26. The summed E-state index contributed by atoms with van der Waals surface area (Å²) in [6.45, 7) is 3.97. The number of amides is 2. The largest absolute Gasteiger partial charge is 0.493 e. The van der Waals surface area contributed by atoms with Gasteiger partial charge in [0.05, 0.1) is 7.11 Å². The molecule has 0 radical (unpaired) electrons. The summed E-state index contributed by atoms with van der Waals surface area (Å²) < 4.78 is 10.8. The molecule has 1 unspecified atom stereocenters. The molecule has 0 aliphatic carbocycles. The van der Waals surface area contributed by atoms with E-state index in [-0.39, 0.29) is 30.9 Å². The third-order valence-corrected chi connectivity index (χ3v) is 5.26. The van der Waals surface area contributed by atoms with Crippen LogP contribution in [-0.4, -0.2) is 36.6 Å². The normalized spacial score (nSPS) is 11.6. The van der Waals surface area contributed by atoms with Crippen molar-refractivity contribution in [2.75, 3.05) is 13.7 Å². The summed E-state index contributed by atoms with van der Waals surface area (Å²) in [7, 11) is 1.55. The number of carbonyl (C=O) groups is 2. The molecule has 7 nitrogen and oxygen atoms in total. The summed E-state index contributed by atoms with van der Waals surface area (Å²) in [5.41, 5.74) is 2.76. The van der Waals surface area contributed by atoms with Gasteiger partial charge in [-0.25, -0.2) is 0 Å². The molecule has 2 aromatic carbocycles. The molecule has 0 saturated carbocycles. The molecule has 33 heavy (non-hydrogen) atoms. The lowest BCUT2D eigenvalue weighted by molar-refractivity contribution is -0.130. The van der Waals surface area contributed by atoms with E-state index in [4.69, 9.17) is 15.9 Å². The molecule has 0 aliphatic heterocycles. The summed E-state index contributed by atoms with van der Waals surface area (Å²) in [4.78, 5) is 28.7. The molecule has 3 N–H and O–H groups in total. The molecule has 0 spiro atoms. The first kappa shape index (κ1) is 23.7. The summed E-state index contributed by atoms with van der Waals surface area (Å²) in [6, 6.07) is 12.5. The summed E-state index contributed by atoms with van der Waals surface area (Å²) >= 11 is 0. The minimum absolute atomic E-state index is 0.111. The van der Waals surface area contributed by atoms with Crippen LogP contribution in [-0.2, 0) is 22.6 Å². The van der Waals surface area contributed by atoms with Crippen LogP contribution in [0.25, 0.3) is 10.9 Å². The Bertz CT molecular complexity index is 1160. The number of para-hydroxylation sites is 1. The van der Waals surface area contributed by atoms with Crippen LogP contribution < -0.4 is 20.1 Å². The Kier molecular flexibility index (Phi) is 7.98. The quantitative estimate of drug-likeness (QED) is 0.416. The van der Waals surface area contributed by atoms with E-state index in [0.717, 1.165) is 22.0 Å². The van der Waals surface area contributed by atoms with E-state index in [1.165, 1.54) is 0 Å². The number of nitrogens with one attached hydrogen (secondary N) is 3. The highest BCUT2D eigenvalue weighted by molar-refractivity contribution is 5.90. The number of hydrogen-bond acceptors (Lipinski definition) is 4. The molecule has 2 amide bonds. The Morgan fingerprint density at radius 2 is 1.91 bits per heavy atom. The van der Waals surface area contributed by atoms with Gasteiger partial charge in [-0.3, -0.25) is 9.59 Å². The molecule has 0 aliphatic rings. The SMILES string of the molecule is C#CCOc1cc(CNC(=O)C(Cc2c[nH]c3ccccc23)NC(=O)C(C)C)ccc1OC. The van der Waals surface area contributed by atoms with Gasteiger partial charge in [0.15, 0.2) is 11.5 Å². The predicted octanol–water partition coefficient (Wildman–Crippen LogP) is 3.19. The Balaban J connectivity index is 1.75. The average molecular weight is 448 g/mol. The lowest BCUT2D eigenvalue weighted by Crippen LogP contribution is -2.48. The van der Waals surface area contributed by atoms with Gasteiger partial charge in [-0.1, -0.05) is 44.0 Å². The standard InChI is InChI=1S/C26H29N3O4/c1-5-12-33-24-13-18(10-11-23(24)32-4)15-28-26(31)22(29-25(30)17(2)3)14-19-16-27-21-9-7-6-8-20(19)21/h1,6-11,13,16-17,22,27H,12,14-15H2,2-4H3,(H,28,31)(H,29,30). The highest BCUT2D eigenvalue weighted by Crippen LogP contribution is 2.28. The Morgan fingerprint density at radius 3 is 2.64 bits per heavy atom. The van der Waals surface area contributed by atoms with Crippen molar-refractivity contribution in [1.29, 1.82) is 0 Å². The minimum atomic E-state index is -0.713. The monoisotopic (exact) mass is 447 g/mol. The summed E-state index contributed by atoms with van der Waals surface area (Å²) in [5, 5.41) is 6.83. The molecule has 7 heteroatoms. The maximum absolute atomic E-state index is 13.1. The second kappa shape index (κ2) is 11.1. The summed E-state index contributed by atoms with van der Waals surface area (Å²) in [5.74, 6) is 2.81. The lowest BCUT2D eigenvalue weighted by Gasteiger charge is -2.20. The van der Waals surface area contributed by atoms with Crippen molar-refractivity contribution in [3.63, 3.8) is 0 Å². The van der Waals surface area contributed by atoms with Gasteiger partial charge in [0.2, 0.25) is 11.8 Å². The van der Waals surface area contributed by atoms with Crippen molar-refractivity contribution < 1.29 is 19.1 Å². The molecular weight excluding hydrogens is 418 g/mol. The van der Waals surface area contributed by atoms with E-state index >= 15 is 0 Å². The van der Waals surface area contributed by atoms with Crippen LogP contribution in [0.4, 0.5) is 0 Å². The van der Waals surface area contributed by atoms with Crippen molar-refractivity contribution >= 4 is 22.7 Å². The fourth-order valence-corrected chi connectivity index (χ4v) is 3.44. The van der Waals surface area contributed by atoms with Crippen molar-refractivity contribution in [1.82, 2.24) is 15.6 Å². The number of ether oxygens (including phenoxy) is 2. The zero-order chi connectivity index (χ0) is 23.8. The first-order valence-corrected chi connectivity index (χ1v) is 10.8. The third kappa shape index (κ3) is 6.07. The number of rotatable bonds is 10. The number of benzene rings is 2. The van der Waals surface area contributed by atoms with Crippen LogP contribution in [0.5, 0.6) is 11.5 Å². The van der Waals surface area contributed by atoms with Gasteiger partial charge in [-0.15, -0.1) is 6.42 Å².